The molecule has 16 heavy (non-hydrogen) atoms. The van der Waals surface area contributed by atoms with Gasteiger partial charge in [0.15, 0.2) is 0 Å². The van der Waals surface area contributed by atoms with Crippen molar-refractivity contribution in [3.8, 4) is 0 Å². The molecule has 1 aromatic rings. The van der Waals surface area contributed by atoms with Gasteiger partial charge in [0.1, 0.15) is 10.7 Å². The van der Waals surface area contributed by atoms with Crippen LogP contribution in [0.2, 0.25) is 0 Å². The van der Waals surface area contributed by atoms with Crippen LogP contribution in [0.5, 0.6) is 0 Å². The molecule has 0 aliphatic carbocycles. The summed E-state index contributed by atoms with van der Waals surface area (Å²) < 4.78 is 24.4. The first-order valence-corrected chi connectivity index (χ1v) is 4.95. The summed E-state index contributed by atoms with van der Waals surface area (Å²) in [7, 11) is 1.49. The lowest BCUT2D eigenvalue weighted by Crippen LogP contribution is -2.27. The number of hydrogen-bond acceptors (Lipinski definition) is 4. The predicted molar refractivity (Wildman–Crippen MR) is 61.9 cm³/mol. The van der Waals surface area contributed by atoms with Crippen molar-refractivity contribution in [2.24, 2.45) is 5.73 Å². The van der Waals surface area contributed by atoms with Crippen LogP contribution in [0.4, 0.5) is 14.7 Å². The highest BCUT2D eigenvalue weighted by atomic mass is 32.1. The van der Waals surface area contributed by atoms with E-state index in [1.54, 1.807) is 13.0 Å². The molecule has 0 unspecified atom stereocenters. The number of hydrogen-bond donors (Lipinski definition) is 1. The molecule has 1 aromatic heterocycles. The van der Waals surface area contributed by atoms with E-state index in [0.717, 1.165) is 0 Å². The van der Waals surface area contributed by atoms with Gasteiger partial charge in [-0.2, -0.15) is 0 Å². The summed E-state index contributed by atoms with van der Waals surface area (Å²) in [5.41, 5.74) is 6.45. The number of nitrogens with two attached hydrogens (primary N) is 1. The zero-order chi connectivity index (χ0) is 12.3. The normalized spacial score (nSPS) is 10.6. The van der Waals surface area contributed by atoms with Gasteiger partial charge in [-0.3, -0.25) is 0 Å². The molecule has 0 spiro atoms. The highest BCUT2D eigenvalue weighted by Gasteiger charge is 2.12. The average Bonchev–Trinajstić information content (AvgIpc) is 2.15. The number of aromatic nitrogens is 2. The maximum Gasteiger partial charge on any atom is 0.255 e. The summed E-state index contributed by atoms with van der Waals surface area (Å²) in [6.45, 7) is 1.30. The molecule has 0 atom stereocenters. The minimum absolute atomic E-state index is 0.122. The molecule has 88 valence electrons. The monoisotopic (exact) mass is 246 g/mol. The van der Waals surface area contributed by atoms with Crippen LogP contribution in [-0.4, -0.2) is 35.0 Å². The summed E-state index contributed by atoms with van der Waals surface area (Å²) in [6, 6.07) is 1.61. The van der Waals surface area contributed by atoms with E-state index >= 15 is 0 Å². The van der Waals surface area contributed by atoms with Crippen LogP contribution in [0.15, 0.2) is 6.07 Å². The zero-order valence-corrected chi connectivity index (χ0v) is 9.76. The summed E-state index contributed by atoms with van der Waals surface area (Å²) in [4.78, 5) is 9.42. The maximum atomic E-state index is 12.2. The van der Waals surface area contributed by atoms with Crippen LogP contribution in [0.25, 0.3) is 0 Å². The third-order valence-corrected chi connectivity index (χ3v) is 2.06. The van der Waals surface area contributed by atoms with Gasteiger partial charge < -0.3 is 10.6 Å². The molecular formula is C9H12F2N4S. The van der Waals surface area contributed by atoms with E-state index in [2.05, 4.69) is 9.97 Å². The molecule has 0 aliphatic heterocycles. The molecule has 7 heteroatoms. The van der Waals surface area contributed by atoms with Crippen molar-refractivity contribution in [3.05, 3.63) is 17.5 Å². The number of rotatable bonds is 4. The van der Waals surface area contributed by atoms with E-state index in [4.69, 9.17) is 18.0 Å². The van der Waals surface area contributed by atoms with E-state index < -0.39 is 13.0 Å². The van der Waals surface area contributed by atoms with Crippen LogP contribution < -0.4 is 10.6 Å². The third-order valence-electron chi connectivity index (χ3n) is 1.85. The first-order chi connectivity index (χ1) is 7.40. The molecule has 0 aromatic carbocycles. The average molecular weight is 246 g/mol. The van der Waals surface area contributed by atoms with E-state index in [-0.39, 0.29) is 10.9 Å². The molecule has 0 saturated carbocycles. The molecular weight excluding hydrogens is 234 g/mol. The smallest absolute Gasteiger partial charge is 0.255 e. The van der Waals surface area contributed by atoms with Gasteiger partial charge in [0.25, 0.3) is 6.43 Å². The van der Waals surface area contributed by atoms with Crippen molar-refractivity contribution < 1.29 is 8.78 Å². The van der Waals surface area contributed by atoms with Crippen LogP contribution >= 0.6 is 12.2 Å². The van der Waals surface area contributed by atoms with E-state index in [1.165, 1.54) is 11.9 Å². The Balaban J connectivity index is 3.00. The van der Waals surface area contributed by atoms with Gasteiger partial charge in [-0.25, -0.2) is 18.7 Å². The fourth-order valence-electron chi connectivity index (χ4n) is 1.14. The van der Waals surface area contributed by atoms with Gasteiger partial charge in [0.2, 0.25) is 5.95 Å². The number of anilines is 1. The lowest BCUT2D eigenvalue weighted by molar-refractivity contribution is 0.156. The number of aryl methyl sites for hydroxylation is 1. The highest BCUT2D eigenvalue weighted by Crippen LogP contribution is 2.10. The minimum atomic E-state index is -2.44. The number of thiocarbonyl (C=S) groups is 1. The highest BCUT2D eigenvalue weighted by molar-refractivity contribution is 7.80. The Kier molecular flexibility index (Phi) is 4.05. The number of halogens is 2. The quantitative estimate of drug-likeness (QED) is 0.807. The Hall–Kier alpha value is -1.37. The Morgan fingerprint density at radius 1 is 1.56 bits per heavy atom. The molecule has 1 heterocycles. The molecule has 4 nitrogen and oxygen atoms in total. The Morgan fingerprint density at radius 3 is 2.69 bits per heavy atom. The van der Waals surface area contributed by atoms with E-state index in [0.29, 0.717) is 11.4 Å². The fraction of sp³-hybridized carbons (Fsp3) is 0.444. The molecule has 1 rings (SSSR count). The van der Waals surface area contributed by atoms with Gasteiger partial charge in [0, 0.05) is 12.7 Å². The van der Waals surface area contributed by atoms with Crippen molar-refractivity contribution in [1.82, 2.24) is 9.97 Å². The van der Waals surface area contributed by atoms with E-state index in [1.807, 2.05) is 0 Å². The van der Waals surface area contributed by atoms with Crippen molar-refractivity contribution in [2.75, 3.05) is 18.5 Å². The number of nitrogens with zero attached hydrogens (tertiary/aromatic N) is 3. The first kappa shape index (κ1) is 12.7. The molecule has 0 aliphatic rings. The van der Waals surface area contributed by atoms with Crippen LogP contribution in [0.1, 0.15) is 11.4 Å². The second-order valence-electron chi connectivity index (χ2n) is 3.33. The molecule has 0 radical (unpaired) electrons. The Morgan fingerprint density at radius 2 is 2.19 bits per heavy atom. The zero-order valence-electron chi connectivity index (χ0n) is 8.94. The largest absolute Gasteiger partial charge is 0.388 e. The second-order valence-corrected chi connectivity index (χ2v) is 3.77. The Bertz CT molecular complexity index is 397. The van der Waals surface area contributed by atoms with Gasteiger partial charge in [-0.05, 0) is 13.0 Å². The summed E-state index contributed by atoms with van der Waals surface area (Å²) >= 11 is 4.78. The van der Waals surface area contributed by atoms with Crippen LogP contribution in [0, 0.1) is 6.92 Å². The lowest BCUT2D eigenvalue weighted by Gasteiger charge is -2.17. The van der Waals surface area contributed by atoms with Gasteiger partial charge in [0.05, 0.1) is 6.54 Å². The molecule has 0 bridgehead atoms. The van der Waals surface area contributed by atoms with Crippen LogP contribution in [0.3, 0.4) is 0 Å². The first-order valence-electron chi connectivity index (χ1n) is 4.55. The Labute approximate surface area is 97.5 Å². The minimum Gasteiger partial charge on any atom is -0.388 e. The summed E-state index contributed by atoms with van der Waals surface area (Å²) in [5, 5.41) is 0. The van der Waals surface area contributed by atoms with Crippen molar-refractivity contribution in [2.45, 2.75) is 13.3 Å². The van der Waals surface area contributed by atoms with Crippen molar-refractivity contribution >= 4 is 23.2 Å². The topological polar surface area (TPSA) is 55.0 Å². The molecule has 0 amide bonds. The standard InChI is InChI=1S/C9H12F2N4S/c1-5-3-6(8(12)16)14-9(13-5)15(2)4-7(10)11/h3,7H,4H2,1-2H3,(H2,12,16). The predicted octanol–water partition coefficient (Wildman–Crippen LogP) is 1.12. The van der Waals surface area contributed by atoms with E-state index in [9.17, 15) is 8.78 Å². The summed E-state index contributed by atoms with van der Waals surface area (Å²) in [5.74, 6) is 0.197. The second kappa shape index (κ2) is 5.11. The number of alkyl halides is 2. The molecule has 0 saturated heterocycles. The maximum absolute atomic E-state index is 12.2. The molecule has 0 fully saturated rings. The fourth-order valence-corrected chi connectivity index (χ4v) is 1.24. The lowest BCUT2D eigenvalue weighted by atomic mass is 10.3. The van der Waals surface area contributed by atoms with Crippen LogP contribution in [-0.2, 0) is 0 Å². The van der Waals surface area contributed by atoms with Crippen molar-refractivity contribution in [3.63, 3.8) is 0 Å². The van der Waals surface area contributed by atoms with Gasteiger partial charge >= 0.3 is 0 Å². The van der Waals surface area contributed by atoms with Gasteiger partial charge in [-0.15, -0.1) is 0 Å². The molecule has 2 N–H and O–H groups in total. The summed E-state index contributed by atoms with van der Waals surface area (Å²) in [6.07, 6.45) is -2.44. The SMILES string of the molecule is Cc1cc(C(N)=S)nc(N(C)CC(F)F)n1. The van der Waals surface area contributed by atoms with Crippen molar-refractivity contribution in [1.29, 1.82) is 0 Å². The third kappa shape index (κ3) is 3.34. The van der Waals surface area contributed by atoms with Gasteiger partial charge in [-0.1, -0.05) is 12.2 Å².